The van der Waals surface area contributed by atoms with E-state index < -0.39 is 11.5 Å². The van der Waals surface area contributed by atoms with Gasteiger partial charge in [0.05, 0.1) is 5.39 Å². The molecule has 0 atom stereocenters. The minimum atomic E-state index is -0.571. The first-order valence-corrected chi connectivity index (χ1v) is 8.00. The molecule has 0 unspecified atom stereocenters. The molecule has 118 valence electrons. The number of anilines is 1. The molecule has 2 heterocycles. The van der Waals surface area contributed by atoms with Gasteiger partial charge in [-0.25, -0.2) is 0 Å². The largest absolute Gasteiger partial charge is 0.506 e. The lowest BCUT2D eigenvalue weighted by molar-refractivity contribution is 0.0988. The summed E-state index contributed by atoms with van der Waals surface area (Å²) in [6.45, 7) is 0. The second-order valence-corrected chi connectivity index (χ2v) is 6.40. The van der Waals surface area contributed by atoms with Crippen molar-refractivity contribution in [2.24, 2.45) is 7.05 Å². The predicted molar refractivity (Wildman–Crippen MR) is 92.9 cm³/mol. The Morgan fingerprint density at radius 1 is 1.26 bits per heavy atom. The summed E-state index contributed by atoms with van der Waals surface area (Å²) in [6.07, 6.45) is 0. The number of aryl methyl sites for hydroxylation is 1. The van der Waals surface area contributed by atoms with Gasteiger partial charge in [0.25, 0.3) is 11.5 Å². The summed E-state index contributed by atoms with van der Waals surface area (Å²) in [6, 6.07) is 8.34. The van der Waals surface area contributed by atoms with Crippen LogP contribution in [0.5, 0.6) is 5.75 Å². The zero-order chi connectivity index (χ0) is 16.7. The van der Waals surface area contributed by atoms with Crippen LogP contribution < -0.4 is 10.5 Å². The van der Waals surface area contributed by atoms with Crippen LogP contribution in [-0.4, -0.2) is 22.6 Å². The van der Waals surface area contributed by atoms with Crippen LogP contribution in [0.25, 0.3) is 10.2 Å². The first-order valence-electron chi connectivity index (χ1n) is 6.74. The molecule has 2 aromatic heterocycles. The number of amides is 1. The van der Waals surface area contributed by atoms with Crippen LogP contribution in [0.1, 0.15) is 10.4 Å². The first kappa shape index (κ1) is 15.6. The van der Waals surface area contributed by atoms with Crippen molar-refractivity contribution in [1.29, 1.82) is 0 Å². The van der Waals surface area contributed by atoms with E-state index in [1.165, 1.54) is 20.8 Å². The SMILES string of the molecule is CN(C(=O)c1c(O)c2ccsc2n(C)c1=O)c1ccc(Cl)cc1. The molecule has 0 spiro atoms. The Balaban J connectivity index is 2.14. The lowest BCUT2D eigenvalue weighted by atomic mass is 10.1. The molecule has 1 aromatic carbocycles. The third-order valence-corrected chi connectivity index (χ3v) is 4.93. The molecule has 0 radical (unpaired) electrons. The number of halogens is 1. The third-order valence-electron chi connectivity index (χ3n) is 3.69. The second kappa shape index (κ2) is 5.72. The number of carbonyl (C=O) groups excluding carboxylic acids is 1. The Bertz CT molecular complexity index is 960. The van der Waals surface area contributed by atoms with Gasteiger partial charge in [0.15, 0.2) is 0 Å². The highest BCUT2D eigenvalue weighted by molar-refractivity contribution is 7.16. The van der Waals surface area contributed by atoms with Crippen LogP contribution >= 0.6 is 22.9 Å². The first-order chi connectivity index (χ1) is 10.9. The Hall–Kier alpha value is -2.31. The van der Waals surface area contributed by atoms with Crippen molar-refractivity contribution < 1.29 is 9.90 Å². The van der Waals surface area contributed by atoms with E-state index in [0.29, 0.717) is 20.9 Å². The predicted octanol–water partition coefficient (Wildman–Crippen LogP) is 3.24. The number of pyridine rings is 1. The van der Waals surface area contributed by atoms with E-state index in [2.05, 4.69) is 0 Å². The fourth-order valence-electron chi connectivity index (χ4n) is 2.38. The van der Waals surface area contributed by atoms with Crippen molar-refractivity contribution in [3.8, 4) is 5.75 Å². The van der Waals surface area contributed by atoms with Gasteiger partial charge >= 0.3 is 0 Å². The van der Waals surface area contributed by atoms with E-state index in [1.807, 2.05) is 0 Å². The Kier molecular flexibility index (Phi) is 3.87. The highest BCUT2D eigenvalue weighted by Gasteiger charge is 2.25. The smallest absolute Gasteiger partial charge is 0.268 e. The van der Waals surface area contributed by atoms with Gasteiger partial charge in [0.2, 0.25) is 0 Å². The van der Waals surface area contributed by atoms with Crippen molar-refractivity contribution in [2.75, 3.05) is 11.9 Å². The fourth-order valence-corrected chi connectivity index (χ4v) is 3.37. The lowest BCUT2D eigenvalue weighted by Crippen LogP contribution is -2.33. The number of hydrogen-bond acceptors (Lipinski definition) is 4. The van der Waals surface area contributed by atoms with E-state index in [0.717, 1.165) is 0 Å². The molecule has 0 aliphatic carbocycles. The molecule has 0 aliphatic heterocycles. The average Bonchev–Trinajstić information content (AvgIpc) is 3.03. The Labute approximate surface area is 141 Å². The van der Waals surface area contributed by atoms with Crippen LogP contribution in [-0.2, 0) is 7.05 Å². The summed E-state index contributed by atoms with van der Waals surface area (Å²) >= 11 is 7.17. The Morgan fingerprint density at radius 2 is 1.91 bits per heavy atom. The van der Waals surface area contributed by atoms with Crippen LogP contribution in [0.3, 0.4) is 0 Å². The van der Waals surface area contributed by atoms with E-state index in [1.54, 1.807) is 49.8 Å². The molecule has 5 nitrogen and oxygen atoms in total. The van der Waals surface area contributed by atoms with Crippen LogP contribution in [0.4, 0.5) is 5.69 Å². The monoisotopic (exact) mass is 348 g/mol. The molecule has 3 rings (SSSR count). The Morgan fingerprint density at radius 3 is 2.57 bits per heavy atom. The molecule has 7 heteroatoms. The topological polar surface area (TPSA) is 62.5 Å². The maximum absolute atomic E-state index is 12.7. The van der Waals surface area contributed by atoms with Gasteiger partial charge in [-0.15, -0.1) is 11.3 Å². The number of hydrogen-bond donors (Lipinski definition) is 1. The van der Waals surface area contributed by atoms with Crippen LogP contribution in [0.15, 0.2) is 40.5 Å². The number of carbonyl (C=O) groups is 1. The summed E-state index contributed by atoms with van der Waals surface area (Å²) in [4.78, 5) is 27.1. The normalized spacial score (nSPS) is 10.9. The standard InChI is InChI=1S/C16H13ClN2O3S/c1-18(10-5-3-9(17)4-6-10)14(21)12-13(20)11-7-8-23-16(11)19(2)15(12)22/h3-8,20H,1-2H3. The summed E-state index contributed by atoms with van der Waals surface area (Å²) in [7, 11) is 3.13. The highest BCUT2D eigenvalue weighted by atomic mass is 35.5. The zero-order valence-electron chi connectivity index (χ0n) is 12.4. The van der Waals surface area contributed by atoms with Crippen molar-refractivity contribution in [2.45, 2.75) is 0 Å². The molecule has 0 saturated carbocycles. The molecular weight excluding hydrogens is 336 g/mol. The molecular formula is C16H13ClN2O3S. The second-order valence-electron chi connectivity index (χ2n) is 5.07. The van der Waals surface area contributed by atoms with Gasteiger partial charge in [-0.3, -0.25) is 9.59 Å². The molecule has 3 aromatic rings. The van der Waals surface area contributed by atoms with Gasteiger partial charge in [-0.05, 0) is 35.7 Å². The zero-order valence-corrected chi connectivity index (χ0v) is 14.0. The van der Waals surface area contributed by atoms with Crippen molar-refractivity contribution in [1.82, 2.24) is 4.57 Å². The number of benzene rings is 1. The number of aromatic nitrogens is 1. The van der Waals surface area contributed by atoms with Crippen molar-refractivity contribution >= 4 is 44.7 Å². The van der Waals surface area contributed by atoms with Gasteiger partial charge in [0.1, 0.15) is 16.1 Å². The summed E-state index contributed by atoms with van der Waals surface area (Å²) in [5, 5.41) is 13.2. The van der Waals surface area contributed by atoms with E-state index in [9.17, 15) is 14.7 Å². The third kappa shape index (κ3) is 2.50. The van der Waals surface area contributed by atoms with Gasteiger partial charge in [-0.2, -0.15) is 0 Å². The molecule has 0 aliphatic rings. The number of rotatable bonds is 2. The van der Waals surface area contributed by atoms with Crippen LogP contribution in [0, 0.1) is 0 Å². The van der Waals surface area contributed by atoms with Crippen LogP contribution in [0.2, 0.25) is 5.02 Å². The molecule has 1 amide bonds. The average molecular weight is 349 g/mol. The van der Waals surface area contributed by atoms with E-state index in [-0.39, 0.29) is 11.3 Å². The number of nitrogens with zero attached hydrogens (tertiary/aromatic N) is 2. The molecule has 0 bridgehead atoms. The van der Waals surface area contributed by atoms with Crippen molar-refractivity contribution in [3.05, 3.63) is 56.7 Å². The lowest BCUT2D eigenvalue weighted by Gasteiger charge is -2.18. The van der Waals surface area contributed by atoms with Gasteiger partial charge < -0.3 is 14.6 Å². The minimum Gasteiger partial charge on any atom is -0.506 e. The summed E-state index contributed by atoms with van der Waals surface area (Å²) in [5.74, 6) is -0.853. The molecule has 23 heavy (non-hydrogen) atoms. The maximum Gasteiger partial charge on any atom is 0.268 e. The summed E-state index contributed by atoms with van der Waals surface area (Å²) < 4.78 is 1.38. The van der Waals surface area contributed by atoms with Gasteiger partial charge in [-0.1, -0.05) is 11.6 Å². The van der Waals surface area contributed by atoms with Crippen molar-refractivity contribution in [3.63, 3.8) is 0 Å². The quantitative estimate of drug-likeness (QED) is 0.773. The highest BCUT2D eigenvalue weighted by Crippen LogP contribution is 2.30. The molecule has 0 saturated heterocycles. The molecule has 0 fully saturated rings. The van der Waals surface area contributed by atoms with Gasteiger partial charge in [0, 0.05) is 24.8 Å². The van der Waals surface area contributed by atoms with E-state index in [4.69, 9.17) is 11.6 Å². The molecule has 1 N–H and O–H groups in total. The number of aromatic hydroxyl groups is 1. The summed E-state index contributed by atoms with van der Waals surface area (Å²) in [5.41, 5.74) is -0.189. The number of thiophene rings is 1. The van der Waals surface area contributed by atoms with E-state index >= 15 is 0 Å². The fraction of sp³-hybridized carbons (Fsp3) is 0.125. The number of fused-ring (bicyclic) bond motifs is 1. The minimum absolute atomic E-state index is 0.240. The maximum atomic E-state index is 12.7.